The third-order valence-corrected chi connectivity index (χ3v) is 4.79. The Kier molecular flexibility index (Phi) is 4.88. The summed E-state index contributed by atoms with van der Waals surface area (Å²) in [5.41, 5.74) is 3.23. The topological polar surface area (TPSA) is 45.2 Å². The molecule has 4 rings (SSSR count). The molecule has 0 spiro atoms. The van der Waals surface area contributed by atoms with Crippen LogP contribution in [-0.4, -0.2) is 53.3 Å². The van der Waals surface area contributed by atoms with Crippen molar-refractivity contribution in [1.82, 2.24) is 20.1 Å². The fourth-order valence-corrected chi connectivity index (χ4v) is 3.23. The molecule has 26 heavy (non-hydrogen) atoms. The van der Waals surface area contributed by atoms with Gasteiger partial charge in [-0.1, -0.05) is 60.7 Å². The van der Waals surface area contributed by atoms with E-state index in [1.165, 1.54) is 5.56 Å². The lowest BCUT2D eigenvalue weighted by Gasteiger charge is -2.33. The normalized spacial score (nSPS) is 15.2. The third kappa shape index (κ3) is 3.73. The van der Waals surface area contributed by atoms with E-state index in [0.717, 1.165) is 49.7 Å². The summed E-state index contributed by atoms with van der Waals surface area (Å²) in [7, 11) is 2.16. The van der Waals surface area contributed by atoms with E-state index in [0.29, 0.717) is 5.82 Å². The molecule has 3 aromatic rings. The Morgan fingerprint density at radius 2 is 1.46 bits per heavy atom. The molecule has 0 atom stereocenters. The highest BCUT2D eigenvalue weighted by Gasteiger charge is 2.21. The van der Waals surface area contributed by atoms with Crippen molar-refractivity contribution in [1.29, 1.82) is 0 Å². The van der Waals surface area contributed by atoms with Gasteiger partial charge in [0.1, 0.15) is 0 Å². The van der Waals surface area contributed by atoms with Crippen molar-refractivity contribution < 1.29 is 0 Å². The summed E-state index contributed by atoms with van der Waals surface area (Å²) in [5.74, 6) is 1.61. The zero-order chi connectivity index (χ0) is 17.8. The van der Waals surface area contributed by atoms with Gasteiger partial charge in [0.2, 0.25) is 0 Å². The maximum Gasteiger partial charge on any atom is 0.182 e. The molecule has 5 heteroatoms. The van der Waals surface area contributed by atoms with E-state index >= 15 is 0 Å². The van der Waals surface area contributed by atoms with Gasteiger partial charge in [-0.2, -0.15) is 0 Å². The quantitative estimate of drug-likeness (QED) is 0.727. The molecular formula is C21H23N5. The van der Waals surface area contributed by atoms with Crippen molar-refractivity contribution in [2.75, 3.05) is 38.1 Å². The molecule has 1 fully saturated rings. The Morgan fingerprint density at radius 1 is 0.808 bits per heavy atom. The van der Waals surface area contributed by atoms with E-state index < -0.39 is 0 Å². The maximum atomic E-state index is 4.90. The minimum atomic E-state index is 0.689. The van der Waals surface area contributed by atoms with Gasteiger partial charge in [-0.3, -0.25) is 0 Å². The summed E-state index contributed by atoms with van der Waals surface area (Å²) in [6.07, 6.45) is 0.762. The molecule has 5 nitrogen and oxygen atoms in total. The van der Waals surface area contributed by atoms with Crippen molar-refractivity contribution in [3.05, 3.63) is 71.9 Å². The van der Waals surface area contributed by atoms with E-state index in [4.69, 9.17) is 4.98 Å². The van der Waals surface area contributed by atoms with Crippen LogP contribution in [0.2, 0.25) is 0 Å². The zero-order valence-corrected chi connectivity index (χ0v) is 15.0. The molecule has 132 valence electrons. The molecule has 0 amide bonds. The number of aromatic nitrogens is 3. The SMILES string of the molecule is CN1CCN(c2nnc(-c3ccccc3)nc2Cc2ccccc2)CC1. The molecule has 0 saturated carbocycles. The maximum absolute atomic E-state index is 4.90. The number of rotatable bonds is 4. The van der Waals surface area contributed by atoms with Crippen LogP contribution in [0.15, 0.2) is 60.7 Å². The van der Waals surface area contributed by atoms with Gasteiger partial charge in [0.15, 0.2) is 11.6 Å². The fourth-order valence-electron chi connectivity index (χ4n) is 3.23. The number of piperazine rings is 1. The molecule has 1 aliphatic heterocycles. The second-order valence-electron chi connectivity index (χ2n) is 6.72. The average Bonchev–Trinajstić information content (AvgIpc) is 2.70. The van der Waals surface area contributed by atoms with Gasteiger partial charge < -0.3 is 9.80 Å². The summed E-state index contributed by atoms with van der Waals surface area (Å²) in [6, 6.07) is 20.5. The lowest BCUT2D eigenvalue weighted by atomic mass is 10.1. The van der Waals surface area contributed by atoms with Crippen molar-refractivity contribution in [3.8, 4) is 11.4 Å². The van der Waals surface area contributed by atoms with Crippen LogP contribution in [0.4, 0.5) is 5.82 Å². The number of likely N-dealkylation sites (N-methyl/N-ethyl adjacent to an activating group) is 1. The Labute approximate surface area is 154 Å². The van der Waals surface area contributed by atoms with Crippen molar-refractivity contribution >= 4 is 5.82 Å². The van der Waals surface area contributed by atoms with Gasteiger partial charge in [-0.15, -0.1) is 10.2 Å². The molecule has 0 radical (unpaired) electrons. The Balaban J connectivity index is 1.70. The number of benzene rings is 2. The second kappa shape index (κ2) is 7.62. The Morgan fingerprint density at radius 3 is 2.15 bits per heavy atom. The monoisotopic (exact) mass is 345 g/mol. The van der Waals surface area contributed by atoms with Crippen LogP contribution in [0.1, 0.15) is 11.3 Å². The van der Waals surface area contributed by atoms with Gasteiger partial charge in [0, 0.05) is 38.2 Å². The zero-order valence-electron chi connectivity index (χ0n) is 15.0. The second-order valence-corrected chi connectivity index (χ2v) is 6.72. The fraction of sp³-hybridized carbons (Fsp3) is 0.286. The smallest absolute Gasteiger partial charge is 0.182 e. The summed E-state index contributed by atoms with van der Waals surface area (Å²) in [4.78, 5) is 9.56. The molecule has 1 saturated heterocycles. The van der Waals surface area contributed by atoms with Crippen LogP contribution < -0.4 is 4.90 Å². The Hall–Kier alpha value is -2.79. The van der Waals surface area contributed by atoms with Crippen molar-refractivity contribution in [2.45, 2.75) is 6.42 Å². The average molecular weight is 345 g/mol. The standard InChI is InChI=1S/C21H23N5/c1-25-12-14-26(15-13-25)21-19(16-17-8-4-2-5-9-17)22-20(23-24-21)18-10-6-3-7-11-18/h2-11H,12-16H2,1H3. The first-order valence-electron chi connectivity index (χ1n) is 9.06. The van der Waals surface area contributed by atoms with Crippen molar-refractivity contribution in [2.24, 2.45) is 0 Å². The van der Waals surface area contributed by atoms with Gasteiger partial charge in [-0.05, 0) is 12.6 Å². The largest absolute Gasteiger partial charge is 0.351 e. The highest BCUT2D eigenvalue weighted by molar-refractivity contribution is 5.56. The lowest BCUT2D eigenvalue weighted by molar-refractivity contribution is 0.311. The van der Waals surface area contributed by atoms with Gasteiger partial charge in [0.05, 0.1) is 5.69 Å². The number of nitrogens with zero attached hydrogens (tertiary/aromatic N) is 5. The first kappa shape index (κ1) is 16.7. The first-order valence-corrected chi connectivity index (χ1v) is 9.06. The van der Waals surface area contributed by atoms with Gasteiger partial charge >= 0.3 is 0 Å². The molecule has 0 N–H and O–H groups in total. The van der Waals surface area contributed by atoms with Crippen LogP contribution in [0.5, 0.6) is 0 Å². The van der Waals surface area contributed by atoms with E-state index in [1.807, 2.05) is 36.4 Å². The molecule has 1 aliphatic rings. The minimum Gasteiger partial charge on any atom is -0.351 e. The summed E-state index contributed by atoms with van der Waals surface area (Å²) in [6.45, 7) is 3.98. The van der Waals surface area contributed by atoms with Crippen LogP contribution in [0.3, 0.4) is 0 Å². The molecule has 2 aromatic carbocycles. The van der Waals surface area contributed by atoms with Gasteiger partial charge in [-0.25, -0.2) is 4.98 Å². The van der Waals surface area contributed by atoms with E-state index in [2.05, 4.69) is 51.3 Å². The minimum absolute atomic E-state index is 0.689. The molecule has 2 heterocycles. The van der Waals surface area contributed by atoms with Crippen LogP contribution in [0, 0.1) is 0 Å². The summed E-state index contributed by atoms with van der Waals surface area (Å²) < 4.78 is 0. The highest BCUT2D eigenvalue weighted by atomic mass is 15.3. The molecule has 0 unspecified atom stereocenters. The molecule has 1 aromatic heterocycles. The first-order chi connectivity index (χ1) is 12.8. The van der Waals surface area contributed by atoms with Crippen LogP contribution in [0.25, 0.3) is 11.4 Å². The predicted octanol–water partition coefficient (Wildman–Crippen LogP) is 2.88. The summed E-state index contributed by atoms with van der Waals surface area (Å²) >= 11 is 0. The Bertz CT molecular complexity index is 843. The van der Waals surface area contributed by atoms with E-state index in [9.17, 15) is 0 Å². The van der Waals surface area contributed by atoms with Gasteiger partial charge in [0.25, 0.3) is 0 Å². The van der Waals surface area contributed by atoms with E-state index in [1.54, 1.807) is 0 Å². The number of hydrogen-bond donors (Lipinski definition) is 0. The number of hydrogen-bond acceptors (Lipinski definition) is 5. The van der Waals surface area contributed by atoms with Crippen molar-refractivity contribution in [3.63, 3.8) is 0 Å². The molecular weight excluding hydrogens is 322 g/mol. The molecule has 0 aliphatic carbocycles. The molecule has 0 bridgehead atoms. The van der Waals surface area contributed by atoms with Crippen LogP contribution >= 0.6 is 0 Å². The summed E-state index contributed by atoms with van der Waals surface area (Å²) in [5, 5.41) is 9.02. The lowest BCUT2D eigenvalue weighted by Crippen LogP contribution is -2.45. The van der Waals surface area contributed by atoms with Crippen LogP contribution in [-0.2, 0) is 6.42 Å². The predicted molar refractivity (Wildman–Crippen MR) is 104 cm³/mol. The third-order valence-electron chi connectivity index (χ3n) is 4.79. The number of anilines is 1. The van der Waals surface area contributed by atoms with E-state index in [-0.39, 0.29) is 0 Å². The highest BCUT2D eigenvalue weighted by Crippen LogP contribution is 2.23.